The van der Waals surface area contributed by atoms with E-state index in [1.807, 2.05) is 12.3 Å². The summed E-state index contributed by atoms with van der Waals surface area (Å²) in [6.45, 7) is 0. The summed E-state index contributed by atoms with van der Waals surface area (Å²) in [5.41, 5.74) is 5.57. The lowest BCUT2D eigenvalue weighted by Crippen LogP contribution is -2.44. The van der Waals surface area contributed by atoms with Crippen LogP contribution in [0.2, 0.25) is 0 Å². The van der Waals surface area contributed by atoms with Crippen molar-refractivity contribution in [3.8, 4) is 0 Å². The van der Waals surface area contributed by atoms with E-state index in [0.717, 1.165) is 29.7 Å². The van der Waals surface area contributed by atoms with E-state index in [4.69, 9.17) is 5.84 Å². The molecule has 0 amide bonds. The number of hydrazine groups is 1. The molecule has 110 valence electrons. The summed E-state index contributed by atoms with van der Waals surface area (Å²) < 4.78 is 0. The van der Waals surface area contributed by atoms with E-state index in [-0.39, 0.29) is 0 Å². The lowest BCUT2D eigenvalue weighted by atomic mass is 9.81. The SMILES string of the molecule is NNC(Cc1ccnc2ccccc12)C1CC2CCC1C2. The number of para-hydroxylation sites is 1. The van der Waals surface area contributed by atoms with Crippen molar-refractivity contribution in [3.63, 3.8) is 0 Å². The Morgan fingerprint density at radius 2 is 2.10 bits per heavy atom. The fraction of sp³-hybridized carbons (Fsp3) is 0.500. The summed E-state index contributed by atoms with van der Waals surface area (Å²) in [7, 11) is 0. The highest BCUT2D eigenvalue weighted by molar-refractivity contribution is 5.81. The van der Waals surface area contributed by atoms with Crippen molar-refractivity contribution >= 4 is 10.9 Å². The molecule has 2 aliphatic rings. The van der Waals surface area contributed by atoms with Crippen molar-refractivity contribution in [3.05, 3.63) is 42.1 Å². The second kappa shape index (κ2) is 5.39. The van der Waals surface area contributed by atoms with E-state index in [0.29, 0.717) is 6.04 Å². The first kappa shape index (κ1) is 13.2. The second-order valence-corrected chi connectivity index (χ2v) is 6.80. The molecule has 2 fully saturated rings. The minimum atomic E-state index is 0.395. The van der Waals surface area contributed by atoms with Crippen LogP contribution in [0.4, 0.5) is 0 Å². The van der Waals surface area contributed by atoms with Crippen LogP contribution in [0.25, 0.3) is 10.9 Å². The van der Waals surface area contributed by atoms with Crippen LogP contribution >= 0.6 is 0 Å². The Morgan fingerprint density at radius 3 is 2.86 bits per heavy atom. The molecular weight excluding hydrogens is 258 g/mol. The number of pyridine rings is 1. The Balaban J connectivity index is 1.61. The summed E-state index contributed by atoms with van der Waals surface area (Å²) in [6.07, 6.45) is 8.57. The van der Waals surface area contributed by atoms with E-state index < -0.39 is 0 Å². The van der Waals surface area contributed by atoms with Gasteiger partial charge in [-0.25, -0.2) is 0 Å². The molecule has 2 bridgehead atoms. The van der Waals surface area contributed by atoms with Crippen molar-refractivity contribution in [1.29, 1.82) is 0 Å². The zero-order valence-electron chi connectivity index (χ0n) is 12.3. The first-order valence-corrected chi connectivity index (χ1v) is 8.14. The Bertz CT molecular complexity index is 634. The third-order valence-electron chi connectivity index (χ3n) is 5.70. The van der Waals surface area contributed by atoms with E-state index >= 15 is 0 Å². The van der Waals surface area contributed by atoms with Crippen LogP contribution in [0.15, 0.2) is 36.5 Å². The molecule has 3 heteroatoms. The van der Waals surface area contributed by atoms with Gasteiger partial charge in [0.2, 0.25) is 0 Å². The van der Waals surface area contributed by atoms with Crippen molar-refractivity contribution in [1.82, 2.24) is 10.4 Å². The summed E-state index contributed by atoms with van der Waals surface area (Å²) in [6, 6.07) is 10.9. The third-order valence-corrected chi connectivity index (χ3v) is 5.70. The Kier molecular flexibility index (Phi) is 3.40. The van der Waals surface area contributed by atoms with Crippen molar-refractivity contribution < 1.29 is 0 Å². The Hall–Kier alpha value is -1.45. The Labute approximate surface area is 125 Å². The summed E-state index contributed by atoms with van der Waals surface area (Å²) in [5.74, 6) is 8.52. The fourth-order valence-electron chi connectivity index (χ4n) is 4.69. The van der Waals surface area contributed by atoms with Gasteiger partial charge in [0.25, 0.3) is 0 Å². The highest BCUT2D eigenvalue weighted by Crippen LogP contribution is 2.49. The highest BCUT2D eigenvalue weighted by Gasteiger charge is 2.42. The van der Waals surface area contributed by atoms with Crippen molar-refractivity contribution in [2.45, 2.75) is 38.1 Å². The number of nitrogens with zero attached hydrogens (tertiary/aromatic N) is 1. The zero-order valence-corrected chi connectivity index (χ0v) is 12.3. The van der Waals surface area contributed by atoms with Crippen LogP contribution < -0.4 is 11.3 Å². The number of aromatic nitrogens is 1. The van der Waals surface area contributed by atoms with Crippen LogP contribution in [0.5, 0.6) is 0 Å². The van der Waals surface area contributed by atoms with Crippen LogP contribution in [-0.2, 0) is 6.42 Å². The molecule has 0 spiro atoms. The lowest BCUT2D eigenvalue weighted by molar-refractivity contribution is 0.248. The number of rotatable bonds is 4. The van der Waals surface area contributed by atoms with Gasteiger partial charge in [-0.15, -0.1) is 0 Å². The molecule has 1 heterocycles. The standard InChI is InChI=1S/C18H23N3/c19-21-18(16-10-12-5-6-13(16)9-12)11-14-7-8-20-17-4-2-1-3-15(14)17/h1-4,7-8,12-13,16,18,21H,5-6,9-11,19H2. The van der Waals surface area contributed by atoms with E-state index in [9.17, 15) is 0 Å². The molecule has 1 aromatic heterocycles. The van der Waals surface area contributed by atoms with Gasteiger partial charge in [0.1, 0.15) is 0 Å². The molecule has 2 saturated carbocycles. The molecule has 4 unspecified atom stereocenters. The number of fused-ring (bicyclic) bond motifs is 3. The maximum absolute atomic E-state index is 5.91. The average Bonchev–Trinajstić information content (AvgIpc) is 3.15. The van der Waals surface area contributed by atoms with Crippen LogP contribution in [0.3, 0.4) is 0 Å². The summed E-state index contributed by atoms with van der Waals surface area (Å²) in [5, 5.41) is 1.27. The van der Waals surface area contributed by atoms with Crippen molar-refractivity contribution in [2.75, 3.05) is 0 Å². The number of hydrogen-bond acceptors (Lipinski definition) is 3. The minimum Gasteiger partial charge on any atom is -0.271 e. The summed E-state index contributed by atoms with van der Waals surface area (Å²) >= 11 is 0. The molecule has 21 heavy (non-hydrogen) atoms. The molecule has 2 aliphatic carbocycles. The van der Waals surface area contributed by atoms with E-state index in [1.165, 1.54) is 36.6 Å². The third kappa shape index (κ3) is 2.34. The molecule has 3 nitrogen and oxygen atoms in total. The van der Waals surface area contributed by atoms with Gasteiger partial charge in [0.15, 0.2) is 0 Å². The zero-order chi connectivity index (χ0) is 14.2. The van der Waals surface area contributed by atoms with Gasteiger partial charge in [-0.1, -0.05) is 24.6 Å². The van der Waals surface area contributed by atoms with Gasteiger partial charge in [-0.2, -0.15) is 0 Å². The average molecular weight is 281 g/mol. The monoisotopic (exact) mass is 281 g/mol. The second-order valence-electron chi connectivity index (χ2n) is 6.80. The van der Waals surface area contributed by atoms with Gasteiger partial charge in [0, 0.05) is 17.6 Å². The van der Waals surface area contributed by atoms with Crippen LogP contribution in [0.1, 0.15) is 31.2 Å². The van der Waals surface area contributed by atoms with Gasteiger partial charge in [-0.3, -0.25) is 16.3 Å². The topological polar surface area (TPSA) is 50.9 Å². The normalized spacial score (nSPS) is 29.1. The predicted octanol–water partition coefficient (Wildman–Crippen LogP) is 3.05. The quantitative estimate of drug-likeness (QED) is 0.669. The molecule has 0 radical (unpaired) electrons. The van der Waals surface area contributed by atoms with Crippen molar-refractivity contribution in [2.24, 2.45) is 23.6 Å². The molecular formula is C18H23N3. The van der Waals surface area contributed by atoms with E-state index in [2.05, 4.69) is 34.7 Å². The number of nitrogens with two attached hydrogens (primary N) is 1. The Morgan fingerprint density at radius 1 is 1.19 bits per heavy atom. The number of benzene rings is 1. The molecule has 0 saturated heterocycles. The van der Waals surface area contributed by atoms with Crippen LogP contribution in [-0.4, -0.2) is 11.0 Å². The maximum Gasteiger partial charge on any atom is 0.0704 e. The molecule has 1 aromatic carbocycles. The van der Waals surface area contributed by atoms with E-state index in [1.54, 1.807) is 0 Å². The fourth-order valence-corrected chi connectivity index (χ4v) is 4.69. The minimum absolute atomic E-state index is 0.395. The largest absolute Gasteiger partial charge is 0.271 e. The van der Waals surface area contributed by atoms with Gasteiger partial charge < -0.3 is 0 Å². The van der Waals surface area contributed by atoms with Crippen LogP contribution in [0, 0.1) is 17.8 Å². The van der Waals surface area contributed by atoms with Gasteiger partial charge >= 0.3 is 0 Å². The molecule has 4 rings (SSSR count). The molecule has 4 atom stereocenters. The highest BCUT2D eigenvalue weighted by atomic mass is 15.2. The molecule has 0 aliphatic heterocycles. The number of hydrogen-bond donors (Lipinski definition) is 2. The number of nitrogens with one attached hydrogen (secondary N) is 1. The predicted molar refractivity (Wildman–Crippen MR) is 85.5 cm³/mol. The smallest absolute Gasteiger partial charge is 0.0704 e. The lowest BCUT2D eigenvalue weighted by Gasteiger charge is -2.30. The van der Waals surface area contributed by atoms with Gasteiger partial charge in [-0.05, 0) is 61.1 Å². The first-order chi connectivity index (χ1) is 10.3. The maximum atomic E-state index is 5.91. The first-order valence-electron chi connectivity index (χ1n) is 8.14. The van der Waals surface area contributed by atoms with Gasteiger partial charge in [0.05, 0.1) is 5.52 Å². The summed E-state index contributed by atoms with van der Waals surface area (Å²) in [4.78, 5) is 4.46. The molecule has 2 aromatic rings. The molecule has 3 N–H and O–H groups in total.